The summed E-state index contributed by atoms with van der Waals surface area (Å²) < 4.78 is 11.2. The summed E-state index contributed by atoms with van der Waals surface area (Å²) in [5.74, 6) is 2.33. The molecule has 0 unspecified atom stereocenters. The standard InChI is InChI=1S/C21H25N7O3S/c1-13-12-17(27-26-13)23-19-18(30-3)20(28-8-10-31-11-9-28)25-21(24-19)32-16-6-4-15(5-7-16)22-14(2)29/h4-7,12H,8-11H2,1-3H3,(H,22,29)(H2,23,24,25,26,27). The van der Waals surface area contributed by atoms with Gasteiger partial charge in [-0.3, -0.25) is 9.89 Å². The highest BCUT2D eigenvalue weighted by Crippen LogP contribution is 2.38. The molecule has 0 atom stereocenters. The first-order valence-electron chi connectivity index (χ1n) is 10.1. The largest absolute Gasteiger partial charge is 0.490 e. The van der Waals surface area contributed by atoms with Gasteiger partial charge in [0.2, 0.25) is 11.7 Å². The van der Waals surface area contributed by atoms with Crippen molar-refractivity contribution in [3.63, 3.8) is 0 Å². The number of aryl methyl sites for hydroxylation is 1. The minimum absolute atomic E-state index is 0.108. The minimum Gasteiger partial charge on any atom is -0.490 e. The number of aromatic amines is 1. The molecule has 3 heterocycles. The Morgan fingerprint density at radius 1 is 1.22 bits per heavy atom. The Labute approximate surface area is 190 Å². The monoisotopic (exact) mass is 455 g/mol. The fraction of sp³-hybridized carbons (Fsp3) is 0.333. The molecule has 0 spiro atoms. The van der Waals surface area contributed by atoms with E-state index in [1.165, 1.54) is 18.7 Å². The van der Waals surface area contributed by atoms with Gasteiger partial charge in [0, 0.05) is 42.4 Å². The van der Waals surface area contributed by atoms with Crippen LogP contribution in [0.25, 0.3) is 0 Å². The maximum absolute atomic E-state index is 11.3. The van der Waals surface area contributed by atoms with Crippen molar-refractivity contribution in [3.8, 4) is 5.75 Å². The molecule has 32 heavy (non-hydrogen) atoms. The van der Waals surface area contributed by atoms with Crippen LogP contribution in [-0.2, 0) is 9.53 Å². The zero-order chi connectivity index (χ0) is 22.5. The van der Waals surface area contributed by atoms with Gasteiger partial charge in [0.15, 0.2) is 22.6 Å². The Balaban J connectivity index is 1.67. The van der Waals surface area contributed by atoms with Crippen molar-refractivity contribution >= 4 is 40.8 Å². The number of rotatable bonds is 7. The fourth-order valence-corrected chi connectivity index (χ4v) is 4.00. The van der Waals surface area contributed by atoms with Gasteiger partial charge in [-0.05, 0) is 43.0 Å². The Hall–Kier alpha value is -3.31. The fourth-order valence-electron chi connectivity index (χ4n) is 3.24. The second kappa shape index (κ2) is 9.88. The molecule has 4 rings (SSSR count). The Kier molecular flexibility index (Phi) is 6.76. The summed E-state index contributed by atoms with van der Waals surface area (Å²) in [6, 6.07) is 9.43. The lowest BCUT2D eigenvalue weighted by atomic mass is 10.3. The third-order valence-corrected chi connectivity index (χ3v) is 5.55. The lowest BCUT2D eigenvalue weighted by Gasteiger charge is -2.29. The second-order valence-electron chi connectivity index (χ2n) is 7.18. The van der Waals surface area contributed by atoms with Gasteiger partial charge in [-0.1, -0.05) is 0 Å². The predicted molar refractivity (Wildman–Crippen MR) is 123 cm³/mol. The lowest BCUT2D eigenvalue weighted by Crippen LogP contribution is -2.37. The highest BCUT2D eigenvalue weighted by Gasteiger charge is 2.23. The number of benzene rings is 1. The van der Waals surface area contributed by atoms with E-state index in [-0.39, 0.29) is 5.91 Å². The average molecular weight is 456 g/mol. The van der Waals surface area contributed by atoms with Gasteiger partial charge in [0.05, 0.1) is 20.3 Å². The number of aromatic nitrogens is 4. The molecule has 11 heteroatoms. The van der Waals surface area contributed by atoms with Crippen LogP contribution in [0.5, 0.6) is 5.75 Å². The van der Waals surface area contributed by atoms with Gasteiger partial charge in [-0.15, -0.1) is 0 Å². The van der Waals surface area contributed by atoms with Crippen molar-refractivity contribution < 1.29 is 14.3 Å². The molecular weight excluding hydrogens is 430 g/mol. The van der Waals surface area contributed by atoms with Gasteiger partial charge < -0.3 is 25.0 Å². The van der Waals surface area contributed by atoms with E-state index < -0.39 is 0 Å². The van der Waals surface area contributed by atoms with Crippen molar-refractivity contribution in [3.05, 3.63) is 36.0 Å². The quantitative estimate of drug-likeness (QED) is 0.462. The number of hydrogen-bond acceptors (Lipinski definition) is 9. The number of nitrogens with zero attached hydrogens (tertiary/aromatic N) is 4. The van der Waals surface area contributed by atoms with Crippen LogP contribution >= 0.6 is 11.8 Å². The lowest BCUT2D eigenvalue weighted by molar-refractivity contribution is -0.114. The van der Waals surface area contributed by atoms with Gasteiger partial charge in [-0.25, -0.2) is 9.97 Å². The van der Waals surface area contributed by atoms with E-state index in [9.17, 15) is 4.79 Å². The van der Waals surface area contributed by atoms with Crippen molar-refractivity contribution in [1.29, 1.82) is 0 Å². The number of hydrogen-bond donors (Lipinski definition) is 3. The molecule has 1 aromatic carbocycles. The summed E-state index contributed by atoms with van der Waals surface area (Å²) in [5.41, 5.74) is 1.67. The number of anilines is 4. The molecule has 0 saturated carbocycles. The maximum Gasteiger partial charge on any atom is 0.221 e. The summed E-state index contributed by atoms with van der Waals surface area (Å²) in [4.78, 5) is 23.8. The topological polar surface area (TPSA) is 117 Å². The minimum atomic E-state index is -0.108. The van der Waals surface area contributed by atoms with E-state index in [0.29, 0.717) is 54.7 Å². The number of nitrogens with one attached hydrogen (secondary N) is 3. The Bertz CT molecular complexity index is 1080. The third kappa shape index (κ3) is 5.29. The van der Waals surface area contributed by atoms with Crippen LogP contribution in [0.15, 0.2) is 40.4 Å². The molecule has 1 fully saturated rings. The van der Waals surface area contributed by atoms with Gasteiger partial charge in [0.25, 0.3) is 0 Å². The molecule has 2 aromatic heterocycles. The van der Waals surface area contributed by atoms with E-state index >= 15 is 0 Å². The molecule has 3 N–H and O–H groups in total. The summed E-state index contributed by atoms with van der Waals surface area (Å²) in [6.45, 7) is 6.09. The summed E-state index contributed by atoms with van der Waals surface area (Å²) >= 11 is 1.43. The molecule has 1 saturated heterocycles. The van der Waals surface area contributed by atoms with Crippen LogP contribution in [0, 0.1) is 6.92 Å². The van der Waals surface area contributed by atoms with Gasteiger partial charge >= 0.3 is 0 Å². The van der Waals surface area contributed by atoms with Gasteiger partial charge in [-0.2, -0.15) is 5.10 Å². The van der Waals surface area contributed by atoms with E-state index in [2.05, 4.69) is 25.7 Å². The predicted octanol–water partition coefficient (Wildman–Crippen LogP) is 3.21. The van der Waals surface area contributed by atoms with Crippen molar-refractivity contribution in [2.45, 2.75) is 23.9 Å². The zero-order valence-corrected chi connectivity index (χ0v) is 19.0. The molecule has 0 bridgehead atoms. The summed E-state index contributed by atoms with van der Waals surface area (Å²) in [7, 11) is 1.61. The first-order chi connectivity index (χ1) is 15.5. The molecular formula is C21H25N7O3S. The summed E-state index contributed by atoms with van der Waals surface area (Å²) in [6.07, 6.45) is 0. The molecule has 0 radical (unpaired) electrons. The van der Waals surface area contributed by atoms with Crippen LogP contribution in [0.2, 0.25) is 0 Å². The highest BCUT2D eigenvalue weighted by molar-refractivity contribution is 7.99. The van der Waals surface area contributed by atoms with E-state index in [4.69, 9.17) is 19.4 Å². The number of H-pyrrole nitrogens is 1. The smallest absolute Gasteiger partial charge is 0.221 e. The Morgan fingerprint density at radius 3 is 2.59 bits per heavy atom. The number of carbonyl (C=O) groups is 1. The van der Waals surface area contributed by atoms with Crippen LogP contribution in [0.4, 0.5) is 23.1 Å². The average Bonchev–Trinajstić information content (AvgIpc) is 3.19. The highest BCUT2D eigenvalue weighted by atomic mass is 32.2. The molecule has 0 aliphatic carbocycles. The number of amides is 1. The van der Waals surface area contributed by atoms with Crippen LogP contribution in [-0.4, -0.2) is 59.5 Å². The van der Waals surface area contributed by atoms with Crippen molar-refractivity contribution in [1.82, 2.24) is 20.2 Å². The van der Waals surface area contributed by atoms with Crippen LogP contribution in [0.3, 0.4) is 0 Å². The van der Waals surface area contributed by atoms with Gasteiger partial charge in [0.1, 0.15) is 0 Å². The molecule has 10 nitrogen and oxygen atoms in total. The molecule has 1 aliphatic heterocycles. The zero-order valence-electron chi connectivity index (χ0n) is 18.1. The van der Waals surface area contributed by atoms with E-state index in [0.717, 1.165) is 16.3 Å². The van der Waals surface area contributed by atoms with E-state index in [1.54, 1.807) is 7.11 Å². The number of methoxy groups -OCH3 is 1. The normalized spacial score (nSPS) is 13.7. The maximum atomic E-state index is 11.3. The third-order valence-electron chi connectivity index (χ3n) is 4.68. The number of ether oxygens (including phenoxy) is 2. The Morgan fingerprint density at radius 2 is 1.97 bits per heavy atom. The molecule has 1 amide bonds. The van der Waals surface area contributed by atoms with E-state index in [1.807, 2.05) is 37.3 Å². The second-order valence-corrected chi connectivity index (χ2v) is 8.22. The first-order valence-corrected chi connectivity index (χ1v) is 11.0. The van der Waals surface area contributed by atoms with Crippen LogP contribution in [0.1, 0.15) is 12.6 Å². The van der Waals surface area contributed by atoms with Crippen molar-refractivity contribution in [2.24, 2.45) is 0 Å². The number of carbonyl (C=O) groups excluding carboxylic acids is 1. The number of morpholine rings is 1. The summed E-state index contributed by atoms with van der Waals surface area (Å²) in [5, 5.41) is 13.7. The molecule has 3 aromatic rings. The molecule has 168 valence electrons. The van der Waals surface area contributed by atoms with Crippen molar-refractivity contribution in [2.75, 3.05) is 48.9 Å². The first kappa shape index (κ1) is 21.9. The molecule has 1 aliphatic rings. The van der Waals surface area contributed by atoms with Crippen LogP contribution < -0.4 is 20.3 Å². The SMILES string of the molecule is COc1c(Nc2cc(C)[nH]n2)nc(Sc2ccc(NC(C)=O)cc2)nc1N1CCOCC1.